The van der Waals surface area contributed by atoms with Gasteiger partial charge in [-0.1, -0.05) is 20.8 Å². The van der Waals surface area contributed by atoms with Crippen molar-refractivity contribution in [3.05, 3.63) is 35.9 Å². The molecule has 7 nitrogen and oxygen atoms in total. The maximum atomic E-state index is 10.6. The lowest BCUT2D eigenvalue weighted by atomic mass is 9.93. The lowest BCUT2D eigenvalue weighted by Crippen LogP contribution is -2.12. The molecule has 2 aromatic rings. The molecule has 0 aromatic carbocycles. The summed E-state index contributed by atoms with van der Waals surface area (Å²) in [4.78, 5) is 22.7. The van der Waals surface area contributed by atoms with Gasteiger partial charge in [0.25, 0.3) is 0 Å². The zero-order valence-electron chi connectivity index (χ0n) is 11.5. The van der Waals surface area contributed by atoms with Crippen molar-refractivity contribution < 1.29 is 14.3 Å². The van der Waals surface area contributed by atoms with Crippen molar-refractivity contribution in [1.82, 2.24) is 15.0 Å². The van der Waals surface area contributed by atoms with Crippen LogP contribution in [0.15, 0.2) is 23.1 Å². The molecule has 0 radical (unpaired) electrons. The number of rotatable bonds is 4. The molecule has 0 bridgehead atoms. The molecule has 2 N–H and O–H groups in total. The molecule has 0 unspecified atom stereocenters. The van der Waals surface area contributed by atoms with Crippen LogP contribution in [-0.2, 0) is 12.0 Å². The molecule has 2 rings (SSSR count). The zero-order chi connectivity index (χ0) is 14.8. The molecule has 0 saturated heterocycles. The first-order valence-corrected chi connectivity index (χ1v) is 6.10. The first-order chi connectivity index (χ1) is 9.36. The second-order valence-corrected chi connectivity index (χ2v) is 5.32. The first-order valence-electron chi connectivity index (χ1n) is 6.10. The predicted molar refractivity (Wildman–Crippen MR) is 71.5 cm³/mol. The van der Waals surface area contributed by atoms with Gasteiger partial charge in [0.2, 0.25) is 5.89 Å². The Balaban J connectivity index is 1.98. The van der Waals surface area contributed by atoms with Crippen LogP contribution in [0.25, 0.3) is 0 Å². The van der Waals surface area contributed by atoms with Gasteiger partial charge in [-0.2, -0.15) is 0 Å². The molecule has 2 heterocycles. The maximum absolute atomic E-state index is 10.6. The number of hydrogen-bond acceptors (Lipinski definition) is 6. The van der Waals surface area contributed by atoms with E-state index in [2.05, 4.69) is 41.0 Å². The number of carboxylic acids is 1. The number of hydrogen-bond donors (Lipinski definition) is 2. The Morgan fingerprint density at radius 3 is 2.60 bits per heavy atom. The van der Waals surface area contributed by atoms with Crippen LogP contribution in [0, 0.1) is 0 Å². The number of oxazole rings is 1. The zero-order valence-corrected chi connectivity index (χ0v) is 11.5. The monoisotopic (exact) mass is 276 g/mol. The minimum absolute atomic E-state index is 0.0648. The predicted octanol–water partition coefficient (Wildman–Crippen LogP) is 2.07. The van der Waals surface area contributed by atoms with E-state index in [1.54, 1.807) is 6.26 Å². The third-order valence-electron chi connectivity index (χ3n) is 2.61. The van der Waals surface area contributed by atoms with Crippen LogP contribution >= 0.6 is 0 Å². The van der Waals surface area contributed by atoms with E-state index < -0.39 is 5.97 Å². The number of nitrogens with zero attached hydrogens (tertiary/aromatic N) is 3. The molecular weight excluding hydrogens is 260 g/mol. The standard InChI is InChI=1S/C13H16N4O3/c1-13(2,3)9-7-20-11(17-9)6-16-10-5-14-8(4-15-10)12(18)19/h4-5,7H,6H2,1-3H3,(H,15,16)(H,18,19). The van der Waals surface area contributed by atoms with Crippen LogP contribution in [0.3, 0.4) is 0 Å². The van der Waals surface area contributed by atoms with Gasteiger partial charge in [0.15, 0.2) is 5.69 Å². The Kier molecular flexibility index (Phi) is 3.69. The number of carbonyl (C=O) groups is 1. The Labute approximate surface area is 116 Å². The molecule has 0 aliphatic heterocycles. The molecule has 0 aliphatic rings. The lowest BCUT2D eigenvalue weighted by molar-refractivity contribution is 0.0690. The van der Waals surface area contributed by atoms with Gasteiger partial charge in [-0.15, -0.1) is 0 Å². The van der Waals surface area contributed by atoms with Crippen molar-refractivity contribution in [2.45, 2.75) is 32.7 Å². The molecule has 2 aromatic heterocycles. The summed E-state index contributed by atoms with van der Waals surface area (Å²) >= 11 is 0. The average Bonchev–Trinajstić information content (AvgIpc) is 2.85. The second-order valence-electron chi connectivity index (χ2n) is 5.32. The maximum Gasteiger partial charge on any atom is 0.356 e. The molecule has 0 aliphatic carbocycles. The van der Waals surface area contributed by atoms with E-state index in [1.807, 2.05) is 0 Å². The van der Waals surface area contributed by atoms with Gasteiger partial charge in [0.05, 0.1) is 24.6 Å². The van der Waals surface area contributed by atoms with Crippen molar-refractivity contribution in [3.63, 3.8) is 0 Å². The number of carboxylic acid groups (broad SMARTS) is 1. The summed E-state index contributed by atoms with van der Waals surface area (Å²) in [5.41, 5.74) is 0.716. The van der Waals surface area contributed by atoms with E-state index in [0.717, 1.165) is 5.69 Å². The minimum atomic E-state index is -1.11. The van der Waals surface area contributed by atoms with E-state index >= 15 is 0 Å². The fourth-order valence-electron chi connectivity index (χ4n) is 1.43. The van der Waals surface area contributed by atoms with E-state index in [9.17, 15) is 4.79 Å². The van der Waals surface area contributed by atoms with Crippen LogP contribution in [0.5, 0.6) is 0 Å². The van der Waals surface area contributed by atoms with Crippen molar-refractivity contribution in [2.75, 3.05) is 5.32 Å². The summed E-state index contributed by atoms with van der Waals surface area (Å²) in [5, 5.41) is 11.7. The molecule has 7 heteroatoms. The molecule has 0 atom stereocenters. The molecular formula is C13H16N4O3. The third-order valence-corrected chi connectivity index (χ3v) is 2.61. The van der Waals surface area contributed by atoms with Gasteiger partial charge in [-0.05, 0) is 0 Å². The highest BCUT2D eigenvalue weighted by Gasteiger charge is 2.18. The third kappa shape index (κ3) is 3.31. The summed E-state index contributed by atoms with van der Waals surface area (Å²) < 4.78 is 5.36. The summed E-state index contributed by atoms with van der Waals surface area (Å²) in [5.74, 6) is -0.101. The Morgan fingerprint density at radius 1 is 1.35 bits per heavy atom. The Morgan fingerprint density at radius 2 is 2.10 bits per heavy atom. The van der Waals surface area contributed by atoms with Gasteiger partial charge < -0.3 is 14.8 Å². The number of aromatic nitrogens is 3. The van der Waals surface area contributed by atoms with Crippen LogP contribution in [0.1, 0.15) is 42.8 Å². The quantitative estimate of drug-likeness (QED) is 0.881. The molecule has 20 heavy (non-hydrogen) atoms. The summed E-state index contributed by atoms with van der Waals surface area (Å²) in [6.45, 7) is 6.52. The van der Waals surface area contributed by atoms with Gasteiger partial charge in [0, 0.05) is 5.41 Å². The van der Waals surface area contributed by atoms with Crippen LogP contribution in [0.2, 0.25) is 0 Å². The van der Waals surface area contributed by atoms with Gasteiger partial charge >= 0.3 is 5.97 Å². The normalized spacial score (nSPS) is 11.3. The molecule has 0 amide bonds. The summed E-state index contributed by atoms with van der Waals surface area (Å²) in [6.07, 6.45) is 4.19. The Bertz CT molecular complexity index is 599. The van der Waals surface area contributed by atoms with Crippen LogP contribution < -0.4 is 5.32 Å². The van der Waals surface area contributed by atoms with Gasteiger partial charge in [-0.25, -0.2) is 19.7 Å². The summed E-state index contributed by atoms with van der Waals surface area (Å²) in [6, 6.07) is 0. The van der Waals surface area contributed by atoms with Gasteiger partial charge in [0.1, 0.15) is 12.1 Å². The SMILES string of the molecule is CC(C)(C)c1coc(CNc2cnc(C(=O)O)cn2)n1. The topological polar surface area (TPSA) is 101 Å². The van der Waals surface area contributed by atoms with E-state index in [0.29, 0.717) is 18.3 Å². The van der Waals surface area contributed by atoms with Crippen molar-refractivity contribution in [3.8, 4) is 0 Å². The molecule has 106 valence electrons. The number of aromatic carboxylic acids is 1. The number of nitrogens with one attached hydrogen (secondary N) is 1. The highest BCUT2D eigenvalue weighted by molar-refractivity contribution is 5.84. The highest BCUT2D eigenvalue weighted by Crippen LogP contribution is 2.21. The van der Waals surface area contributed by atoms with Crippen molar-refractivity contribution in [1.29, 1.82) is 0 Å². The minimum Gasteiger partial charge on any atom is -0.476 e. The van der Waals surface area contributed by atoms with Crippen LogP contribution in [0.4, 0.5) is 5.82 Å². The van der Waals surface area contributed by atoms with Crippen LogP contribution in [-0.4, -0.2) is 26.0 Å². The van der Waals surface area contributed by atoms with Crippen molar-refractivity contribution >= 4 is 11.8 Å². The second kappa shape index (κ2) is 5.28. The largest absolute Gasteiger partial charge is 0.476 e. The average molecular weight is 276 g/mol. The van der Waals surface area contributed by atoms with Crippen molar-refractivity contribution in [2.24, 2.45) is 0 Å². The first kappa shape index (κ1) is 14.0. The fourth-order valence-corrected chi connectivity index (χ4v) is 1.43. The lowest BCUT2D eigenvalue weighted by Gasteiger charge is -2.12. The molecule has 0 fully saturated rings. The highest BCUT2D eigenvalue weighted by atomic mass is 16.4. The number of anilines is 1. The van der Waals surface area contributed by atoms with E-state index in [4.69, 9.17) is 9.52 Å². The van der Waals surface area contributed by atoms with E-state index in [1.165, 1.54) is 12.4 Å². The smallest absolute Gasteiger partial charge is 0.356 e. The Hall–Kier alpha value is -2.44. The summed E-state index contributed by atoms with van der Waals surface area (Å²) in [7, 11) is 0. The van der Waals surface area contributed by atoms with E-state index in [-0.39, 0.29) is 11.1 Å². The molecule has 0 saturated carbocycles. The fraction of sp³-hybridized carbons (Fsp3) is 0.385. The van der Waals surface area contributed by atoms with Gasteiger partial charge in [-0.3, -0.25) is 0 Å². The molecule has 0 spiro atoms.